The summed E-state index contributed by atoms with van der Waals surface area (Å²) in [5.41, 5.74) is 1.05. The predicted molar refractivity (Wildman–Crippen MR) is 88.6 cm³/mol. The van der Waals surface area contributed by atoms with Crippen molar-refractivity contribution in [1.82, 2.24) is 20.1 Å². The number of aromatic nitrogens is 3. The average Bonchev–Trinajstić information content (AvgIpc) is 2.72. The summed E-state index contributed by atoms with van der Waals surface area (Å²) in [5, 5.41) is 18.9. The Morgan fingerprint density at radius 3 is 2.75 bits per heavy atom. The van der Waals surface area contributed by atoms with E-state index in [1.165, 1.54) is 29.8 Å². The molecule has 0 spiro atoms. The zero-order valence-electron chi connectivity index (χ0n) is 13.7. The van der Waals surface area contributed by atoms with Crippen molar-refractivity contribution in [3.8, 4) is 0 Å². The number of rotatable bonds is 4. The van der Waals surface area contributed by atoms with Gasteiger partial charge in [-0.2, -0.15) is 5.10 Å². The van der Waals surface area contributed by atoms with Gasteiger partial charge in [0, 0.05) is 17.5 Å². The van der Waals surface area contributed by atoms with E-state index >= 15 is 0 Å². The van der Waals surface area contributed by atoms with Gasteiger partial charge in [-0.1, -0.05) is 25.7 Å². The minimum absolute atomic E-state index is 0.0751. The summed E-state index contributed by atoms with van der Waals surface area (Å²) in [5.74, 6) is -0.0912. The van der Waals surface area contributed by atoms with Crippen LogP contribution in [0.25, 0.3) is 11.0 Å². The molecule has 128 valence electrons. The van der Waals surface area contributed by atoms with Crippen molar-refractivity contribution in [1.29, 1.82) is 0 Å². The summed E-state index contributed by atoms with van der Waals surface area (Å²) in [4.78, 5) is 26.8. The van der Waals surface area contributed by atoms with E-state index in [1.54, 1.807) is 6.92 Å². The number of nitrogens with one attached hydrogen (secondary N) is 1. The number of hydrogen-bond acceptors (Lipinski definition) is 5. The third-order valence-electron chi connectivity index (χ3n) is 4.48. The van der Waals surface area contributed by atoms with Gasteiger partial charge in [-0.3, -0.25) is 14.9 Å². The second-order valence-corrected chi connectivity index (χ2v) is 6.32. The summed E-state index contributed by atoms with van der Waals surface area (Å²) in [6, 6.07) is 1.68. The average molecular weight is 331 g/mol. The van der Waals surface area contributed by atoms with E-state index in [0.29, 0.717) is 16.7 Å². The fourth-order valence-electron chi connectivity index (χ4n) is 3.24. The quantitative estimate of drug-likeness (QED) is 0.526. The lowest BCUT2D eigenvalue weighted by molar-refractivity contribution is -0.385. The van der Waals surface area contributed by atoms with Gasteiger partial charge in [0.1, 0.15) is 12.7 Å². The van der Waals surface area contributed by atoms with Gasteiger partial charge in [0.05, 0.1) is 10.6 Å². The fourth-order valence-corrected chi connectivity index (χ4v) is 3.24. The van der Waals surface area contributed by atoms with Crippen LogP contribution in [0.4, 0.5) is 5.69 Å². The summed E-state index contributed by atoms with van der Waals surface area (Å²) in [7, 11) is 0. The van der Waals surface area contributed by atoms with Crippen LogP contribution in [0.1, 0.15) is 44.2 Å². The van der Waals surface area contributed by atoms with E-state index in [-0.39, 0.29) is 24.2 Å². The van der Waals surface area contributed by atoms with Crippen LogP contribution in [0, 0.1) is 17.0 Å². The zero-order valence-corrected chi connectivity index (χ0v) is 13.7. The molecule has 0 atom stereocenters. The van der Waals surface area contributed by atoms with Crippen molar-refractivity contribution in [2.24, 2.45) is 0 Å². The Morgan fingerprint density at radius 1 is 1.38 bits per heavy atom. The number of nitro groups is 1. The summed E-state index contributed by atoms with van der Waals surface area (Å²) in [6.07, 6.45) is 8.02. The molecule has 2 heterocycles. The molecule has 3 rings (SSSR count). The molecule has 8 nitrogen and oxygen atoms in total. The molecular weight excluding hydrogens is 310 g/mol. The maximum absolute atomic E-state index is 12.3. The number of amides is 1. The highest BCUT2D eigenvalue weighted by Crippen LogP contribution is 2.21. The Labute approximate surface area is 139 Å². The molecule has 1 fully saturated rings. The lowest BCUT2D eigenvalue weighted by atomic mass is 10.1. The number of pyridine rings is 1. The largest absolute Gasteiger partial charge is 0.352 e. The Hall–Kier alpha value is -2.51. The van der Waals surface area contributed by atoms with Crippen LogP contribution in [-0.2, 0) is 11.3 Å². The van der Waals surface area contributed by atoms with E-state index in [4.69, 9.17) is 0 Å². The Bertz CT molecular complexity index is 762. The molecule has 1 N–H and O–H groups in total. The minimum atomic E-state index is -0.484. The second-order valence-electron chi connectivity index (χ2n) is 6.32. The Kier molecular flexibility index (Phi) is 4.73. The van der Waals surface area contributed by atoms with Crippen LogP contribution in [-0.4, -0.2) is 31.6 Å². The topological polar surface area (TPSA) is 103 Å². The first-order valence-electron chi connectivity index (χ1n) is 8.31. The van der Waals surface area contributed by atoms with Crippen LogP contribution in [0.2, 0.25) is 0 Å². The standard InChI is InChI=1S/C16H21N5O3/c1-11-14-8-13(21(23)24)9-17-16(14)20(19-11)10-15(22)18-12-6-4-2-3-5-7-12/h8-9,12H,2-7,10H2,1H3,(H,18,22). The maximum atomic E-state index is 12.3. The van der Waals surface area contributed by atoms with Gasteiger partial charge in [-0.15, -0.1) is 0 Å². The molecule has 1 aliphatic carbocycles. The highest BCUT2D eigenvalue weighted by molar-refractivity contribution is 5.83. The van der Waals surface area contributed by atoms with Crippen LogP contribution in [0.5, 0.6) is 0 Å². The van der Waals surface area contributed by atoms with Gasteiger partial charge in [-0.25, -0.2) is 9.67 Å². The fraction of sp³-hybridized carbons (Fsp3) is 0.562. The molecule has 0 radical (unpaired) electrons. The molecule has 0 saturated heterocycles. The number of carbonyl (C=O) groups excluding carboxylic acids is 1. The molecule has 2 aromatic rings. The Balaban J connectivity index is 1.74. The first-order valence-corrected chi connectivity index (χ1v) is 8.31. The van der Waals surface area contributed by atoms with E-state index in [2.05, 4.69) is 15.4 Å². The normalized spacial score (nSPS) is 16.0. The second kappa shape index (κ2) is 6.94. The maximum Gasteiger partial charge on any atom is 0.288 e. The SMILES string of the molecule is Cc1nn(CC(=O)NC2CCCCCC2)c2ncc([N+](=O)[O-])cc12. The third kappa shape index (κ3) is 3.52. The smallest absolute Gasteiger partial charge is 0.288 e. The monoisotopic (exact) mass is 331 g/mol. The predicted octanol–water partition coefficient (Wildman–Crippen LogP) is 2.49. The number of nitrogens with zero attached hydrogens (tertiary/aromatic N) is 4. The molecule has 0 bridgehead atoms. The number of aryl methyl sites for hydroxylation is 1. The van der Waals surface area contributed by atoms with E-state index in [0.717, 1.165) is 25.7 Å². The molecule has 0 aromatic carbocycles. The van der Waals surface area contributed by atoms with E-state index in [1.807, 2.05) is 0 Å². The van der Waals surface area contributed by atoms with Crippen LogP contribution < -0.4 is 5.32 Å². The summed E-state index contributed by atoms with van der Waals surface area (Å²) < 4.78 is 1.51. The van der Waals surface area contributed by atoms with Crippen molar-refractivity contribution in [3.63, 3.8) is 0 Å². The first kappa shape index (κ1) is 16.4. The third-order valence-corrected chi connectivity index (χ3v) is 4.48. The number of hydrogen-bond donors (Lipinski definition) is 1. The van der Waals surface area contributed by atoms with Crippen molar-refractivity contribution in [2.45, 2.75) is 58.0 Å². The lowest BCUT2D eigenvalue weighted by Crippen LogP contribution is -2.36. The molecule has 1 amide bonds. The molecule has 2 aromatic heterocycles. The van der Waals surface area contributed by atoms with Gasteiger partial charge in [0.25, 0.3) is 5.69 Å². The number of fused-ring (bicyclic) bond motifs is 1. The molecule has 0 unspecified atom stereocenters. The molecule has 0 aliphatic heterocycles. The van der Waals surface area contributed by atoms with Gasteiger partial charge >= 0.3 is 0 Å². The van der Waals surface area contributed by atoms with Gasteiger partial charge in [-0.05, 0) is 19.8 Å². The molecule has 8 heteroatoms. The Morgan fingerprint density at radius 2 is 2.08 bits per heavy atom. The van der Waals surface area contributed by atoms with Crippen LogP contribution in [0.3, 0.4) is 0 Å². The lowest BCUT2D eigenvalue weighted by Gasteiger charge is -2.16. The molecule has 24 heavy (non-hydrogen) atoms. The van der Waals surface area contributed by atoms with Gasteiger partial charge in [0.15, 0.2) is 5.65 Å². The highest BCUT2D eigenvalue weighted by atomic mass is 16.6. The van der Waals surface area contributed by atoms with Crippen molar-refractivity contribution >= 4 is 22.6 Å². The minimum Gasteiger partial charge on any atom is -0.352 e. The van der Waals surface area contributed by atoms with Crippen LogP contribution >= 0.6 is 0 Å². The van der Waals surface area contributed by atoms with Crippen LogP contribution in [0.15, 0.2) is 12.3 Å². The van der Waals surface area contributed by atoms with Crippen molar-refractivity contribution in [3.05, 3.63) is 28.1 Å². The van der Waals surface area contributed by atoms with E-state index in [9.17, 15) is 14.9 Å². The highest BCUT2D eigenvalue weighted by Gasteiger charge is 2.18. The van der Waals surface area contributed by atoms with Gasteiger partial charge in [0.2, 0.25) is 5.91 Å². The van der Waals surface area contributed by atoms with Crippen molar-refractivity contribution in [2.75, 3.05) is 0 Å². The van der Waals surface area contributed by atoms with Gasteiger partial charge < -0.3 is 5.32 Å². The first-order chi connectivity index (χ1) is 11.5. The van der Waals surface area contributed by atoms with E-state index < -0.39 is 4.92 Å². The van der Waals surface area contributed by atoms with Crippen molar-refractivity contribution < 1.29 is 9.72 Å². The molecule has 1 saturated carbocycles. The zero-order chi connectivity index (χ0) is 17.1. The molecule has 1 aliphatic rings. The molecular formula is C16H21N5O3. The summed E-state index contributed by atoms with van der Waals surface area (Å²) in [6.45, 7) is 1.83. The number of carbonyl (C=O) groups is 1. The summed E-state index contributed by atoms with van der Waals surface area (Å²) >= 11 is 0.